The highest BCUT2D eigenvalue weighted by atomic mass is 16.7. The summed E-state index contributed by atoms with van der Waals surface area (Å²) in [7, 11) is 0. The van der Waals surface area contributed by atoms with Gasteiger partial charge in [-0.05, 0) is 12.8 Å². The molecule has 0 aromatic carbocycles. The monoisotopic (exact) mass is 762 g/mol. The molecule has 1 rings (SSSR count). The average molecular weight is 762 g/mol. The molecule has 11 nitrogen and oxygen atoms in total. The van der Waals surface area contributed by atoms with E-state index in [2.05, 4.69) is 19.2 Å². The van der Waals surface area contributed by atoms with Crippen LogP contribution >= 0.6 is 0 Å². The largest absolute Gasteiger partial charge is 0.394 e. The van der Waals surface area contributed by atoms with Crippen molar-refractivity contribution in [2.24, 2.45) is 0 Å². The fourth-order valence-electron chi connectivity index (χ4n) is 7.20. The Morgan fingerprint density at radius 3 is 1.40 bits per heavy atom. The topological polar surface area (TPSA) is 189 Å². The zero-order chi connectivity index (χ0) is 39.1. The highest BCUT2D eigenvalue weighted by Crippen LogP contribution is 2.23. The lowest BCUT2D eigenvalue weighted by Crippen LogP contribution is -2.60. The van der Waals surface area contributed by atoms with Crippen LogP contribution in [0.4, 0.5) is 0 Å². The number of hydrogen-bond acceptors (Lipinski definition) is 10. The molecule has 1 heterocycles. The van der Waals surface area contributed by atoms with Crippen molar-refractivity contribution in [2.45, 2.75) is 249 Å². The van der Waals surface area contributed by atoms with Crippen LogP contribution in [0.5, 0.6) is 0 Å². The second-order valence-electron chi connectivity index (χ2n) is 15.8. The van der Waals surface area contributed by atoms with E-state index in [0.29, 0.717) is 19.3 Å². The molecule has 316 valence electrons. The Balaban J connectivity index is 2.49. The van der Waals surface area contributed by atoms with Crippen LogP contribution in [0.1, 0.15) is 194 Å². The Bertz CT molecular complexity index is 836. The van der Waals surface area contributed by atoms with E-state index < -0.39 is 74.2 Å². The summed E-state index contributed by atoms with van der Waals surface area (Å²) in [5, 5.41) is 75.4. The highest BCUT2D eigenvalue weighted by Gasteiger charge is 2.44. The van der Waals surface area contributed by atoms with Crippen LogP contribution in [0.2, 0.25) is 0 Å². The van der Waals surface area contributed by atoms with Crippen LogP contribution < -0.4 is 5.32 Å². The number of aliphatic hydroxyl groups is 7. The van der Waals surface area contributed by atoms with Gasteiger partial charge in [-0.2, -0.15) is 0 Å². The second kappa shape index (κ2) is 33.3. The third-order valence-electron chi connectivity index (χ3n) is 10.9. The Labute approximate surface area is 322 Å². The maximum absolute atomic E-state index is 13.0. The van der Waals surface area contributed by atoms with E-state index >= 15 is 0 Å². The van der Waals surface area contributed by atoms with Crippen molar-refractivity contribution in [3.63, 3.8) is 0 Å². The van der Waals surface area contributed by atoms with Crippen molar-refractivity contribution in [3.8, 4) is 0 Å². The summed E-state index contributed by atoms with van der Waals surface area (Å²) in [6.45, 7) is 3.42. The first-order chi connectivity index (χ1) is 25.7. The minimum Gasteiger partial charge on any atom is -0.394 e. The quantitative estimate of drug-likeness (QED) is 0.0335. The molecule has 0 aromatic heterocycles. The van der Waals surface area contributed by atoms with Gasteiger partial charge in [0.1, 0.15) is 36.6 Å². The first kappa shape index (κ1) is 50.1. The molecule has 1 aliphatic heterocycles. The zero-order valence-corrected chi connectivity index (χ0v) is 33.8. The van der Waals surface area contributed by atoms with Crippen LogP contribution in [0, 0.1) is 0 Å². The third-order valence-corrected chi connectivity index (χ3v) is 10.9. The van der Waals surface area contributed by atoms with E-state index in [9.17, 15) is 40.5 Å². The minimum absolute atomic E-state index is 0.266. The highest BCUT2D eigenvalue weighted by molar-refractivity contribution is 5.80. The van der Waals surface area contributed by atoms with Gasteiger partial charge in [-0.1, -0.05) is 181 Å². The number of aliphatic hydroxyl groups excluding tert-OH is 7. The third kappa shape index (κ3) is 23.7. The Morgan fingerprint density at radius 2 is 0.981 bits per heavy atom. The van der Waals surface area contributed by atoms with Crippen molar-refractivity contribution < 1.29 is 50.0 Å². The predicted octanol–water partition coefficient (Wildman–Crippen LogP) is 6.33. The fraction of sp³-hybridized carbons (Fsp3) is 0.976. The van der Waals surface area contributed by atoms with E-state index in [4.69, 9.17) is 9.47 Å². The molecule has 0 radical (unpaired) electrons. The van der Waals surface area contributed by atoms with Crippen LogP contribution in [0.3, 0.4) is 0 Å². The normalized spacial score (nSPS) is 22.8. The Hall–Kier alpha value is -0.890. The molecule has 1 amide bonds. The van der Waals surface area contributed by atoms with Crippen molar-refractivity contribution in [2.75, 3.05) is 13.2 Å². The summed E-state index contributed by atoms with van der Waals surface area (Å²) in [6, 6.07) is -1.16. The number of ether oxygens (including phenoxy) is 2. The number of nitrogens with one attached hydrogen (secondary N) is 1. The van der Waals surface area contributed by atoms with Gasteiger partial charge >= 0.3 is 0 Å². The summed E-state index contributed by atoms with van der Waals surface area (Å²) < 4.78 is 11.1. The smallest absolute Gasteiger partial charge is 0.249 e. The number of unbranched alkanes of at least 4 members (excludes halogenated alkanes) is 24. The molecule has 0 aromatic rings. The molecule has 0 bridgehead atoms. The molecule has 1 aliphatic rings. The van der Waals surface area contributed by atoms with E-state index in [1.54, 1.807) is 0 Å². The van der Waals surface area contributed by atoms with Gasteiger partial charge in [0, 0.05) is 0 Å². The molecular formula is C42H83NO10. The number of rotatable bonds is 36. The number of hydrogen-bond donors (Lipinski definition) is 8. The molecule has 1 saturated heterocycles. The minimum atomic E-state index is -1.65. The lowest BCUT2D eigenvalue weighted by Gasteiger charge is -2.40. The lowest BCUT2D eigenvalue weighted by molar-refractivity contribution is -0.303. The molecule has 9 atom stereocenters. The van der Waals surface area contributed by atoms with Crippen molar-refractivity contribution in [1.82, 2.24) is 5.32 Å². The van der Waals surface area contributed by atoms with Gasteiger partial charge in [0.15, 0.2) is 6.29 Å². The van der Waals surface area contributed by atoms with Gasteiger partial charge in [0.25, 0.3) is 0 Å². The SMILES string of the molecule is CCCCCCCCCCCCCCCCC(O)C(=O)NC(COC1OC(CO)C(O)C(O)C1O)C(O)C(O)CCCCCCCCCCCCCC. The van der Waals surface area contributed by atoms with Crippen molar-refractivity contribution in [3.05, 3.63) is 0 Å². The van der Waals surface area contributed by atoms with Gasteiger partial charge in [0.2, 0.25) is 5.91 Å². The summed E-state index contributed by atoms with van der Waals surface area (Å²) >= 11 is 0. The zero-order valence-electron chi connectivity index (χ0n) is 33.8. The standard InChI is InChI=1S/C42H83NO10/c1-3-5-7-9-11-13-15-17-18-20-22-24-26-28-30-35(46)41(51)43-33(32-52-42-40(50)39(49)38(48)36(31-44)53-42)37(47)34(45)29-27-25-23-21-19-16-14-12-10-8-6-4-2/h33-40,42,44-50H,3-32H2,1-2H3,(H,43,51). The second-order valence-corrected chi connectivity index (χ2v) is 15.8. The molecule has 0 spiro atoms. The number of carbonyl (C=O) groups excluding carboxylic acids is 1. The summed E-state index contributed by atoms with van der Waals surface area (Å²) in [5.41, 5.74) is 0. The molecule has 53 heavy (non-hydrogen) atoms. The Morgan fingerprint density at radius 1 is 0.585 bits per heavy atom. The van der Waals surface area contributed by atoms with Crippen LogP contribution in [-0.2, 0) is 14.3 Å². The van der Waals surface area contributed by atoms with Gasteiger partial charge in [0.05, 0.1) is 25.4 Å². The predicted molar refractivity (Wildman–Crippen MR) is 210 cm³/mol. The first-order valence-corrected chi connectivity index (χ1v) is 21.9. The fourth-order valence-corrected chi connectivity index (χ4v) is 7.20. The molecule has 11 heteroatoms. The van der Waals surface area contributed by atoms with E-state index in [0.717, 1.165) is 38.5 Å². The van der Waals surface area contributed by atoms with Gasteiger partial charge in [-0.25, -0.2) is 0 Å². The first-order valence-electron chi connectivity index (χ1n) is 21.9. The molecule has 0 aliphatic carbocycles. The number of amides is 1. The summed E-state index contributed by atoms with van der Waals surface area (Å²) in [5.74, 6) is -0.696. The van der Waals surface area contributed by atoms with Gasteiger partial charge in [-0.15, -0.1) is 0 Å². The summed E-state index contributed by atoms with van der Waals surface area (Å²) in [4.78, 5) is 13.0. The van der Waals surface area contributed by atoms with Gasteiger partial charge in [-0.3, -0.25) is 4.79 Å². The number of carbonyl (C=O) groups is 1. The lowest BCUT2D eigenvalue weighted by atomic mass is 9.98. The summed E-state index contributed by atoms with van der Waals surface area (Å²) in [6.07, 6.45) is 20.1. The van der Waals surface area contributed by atoms with Crippen molar-refractivity contribution in [1.29, 1.82) is 0 Å². The molecule has 0 saturated carbocycles. The maximum Gasteiger partial charge on any atom is 0.249 e. The Kier molecular flexibility index (Phi) is 31.5. The van der Waals surface area contributed by atoms with Crippen molar-refractivity contribution >= 4 is 5.91 Å². The van der Waals surface area contributed by atoms with Crippen LogP contribution in [0.15, 0.2) is 0 Å². The van der Waals surface area contributed by atoms with E-state index in [1.165, 1.54) is 116 Å². The van der Waals surface area contributed by atoms with Gasteiger partial charge < -0.3 is 50.5 Å². The average Bonchev–Trinajstić information content (AvgIpc) is 3.16. The van der Waals surface area contributed by atoms with E-state index in [-0.39, 0.29) is 6.42 Å². The van der Waals surface area contributed by atoms with Crippen LogP contribution in [-0.4, -0.2) is 110 Å². The van der Waals surface area contributed by atoms with Crippen LogP contribution in [0.25, 0.3) is 0 Å². The van der Waals surface area contributed by atoms with E-state index in [1.807, 2.05) is 0 Å². The molecule has 8 N–H and O–H groups in total. The molecular weight excluding hydrogens is 678 g/mol. The molecule has 9 unspecified atom stereocenters. The molecule has 1 fully saturated rings. The maximum atomic E-state index is 13.0.